The number of amides is 4. The van der Waals surface area contributed by atoms with E-state index < -0.39 is 36.1 Å². The highest BCUT2D eigenvalue weighted by Crippen LogP contribution is 2.33. The minimum absolute atomic E-state index is 0.0657. The first-order valence-electron chi connectivity index (χ1n) is 17.0. The molecule has 2 aromatic rings. The third-order valence-electron chi connectivity index (χ3n) is 8.88. The summed E-state index contributed by atoms with van der Waals surface area (Å²) < 4.78 is 0. The van der Waals surface area contributed by atoms with E-state index in [9.17, 15) is 33.9 Å². The number of unbranched alkanes of at least 4 members (excludes halogenated alkanes) is 1. The molecular formula is C36H50N4O8. The third-order valence-corrected chi connectivity index (χ3v) is 8.88. The summed E-state index contributed by atoms with van der Waals surface area (Å²) in [6, 6.07) is 9.95. The number of nitrogens with one attached hydrogen (secondary N) is 4. The number of urea groups is 1. The van der Waals surface area contributed by atoms with Crippen LogP contribution < -0.4 is 21.3 Å². The van der Waals surface area contributed by atoms with Gasteiger partial charge in [-0.3, -0.25) is 14.4 Å². The predicted molar refractivity (Wildman–Crippen MR) is 181 cm³/mol. The number of aldehydes is 1. The smallest absolute Gasteiger partial charge is 0.326 e. The van der Waals surface area contributed by atoms with Gasteiger partial charge in [0, 0.05) is 25.3 Å². The fraction of sp³-hybridized carbons (Fsp3) is 0.556. The van der Waals surface area contributed by atoms with Crippen LogP contribution in [-0.2, 0) is 30.4 Å². The summed E-state index contributed by atoms with van der Waals surface area (Å²) in [5.74, 6) is -1.68. The van der Waals surface area contributed by atoms with Crippen molar-refractivity contribution in [1.82, 2.24) is 21.3 Å². The lowest BCUT2D eigenvalue weighted by molar-refractivity contribution is -0.139. The van der Waals surface area contributed by atoms with E-state index >= 15 is 0 Å². The van der Waals surface area contributed by atoms with Gasteiger partial charge in [0.1, 0.15) is 18.4 Å². The monoisotopic (exact) mass is 666 g/mol. The van der Waals surface area contributed by atoms with Crippen LogP contribution >= 0.6 is 0 Å². The van der Waals surface area contributed by atoms with Crippen molar-refractivity contribution in [3.63, 3.8) is 0 Å². The molecule has 262 valence electrons. The Morgan fingerprint density at radius 1 is 0.854 bits per heavy atom. The lowest BCUT2D eigenvalue weighted by Crippen LogP contribution is -2.50. The Kier molecular flexibility index (Phi) is 15.3. The summed E-state index contributed by atoms with van der Waals surface area (Å²) in [5.41, 5.74) is 0.920. The van der Waals surface area contributed by atoms with Crippen molar-refractivity contribution in [2.24, 2.45) is 17.8 Å². The van der Waals surface area contributed by atoms with Gasteiger partial charge in [0.25, 0.3) is 0 Å². The summed E-state index contributed by atoms with van der Waals surface area (Å²) in [7, 11) is 0. The van der Waals surface area contributed by atoms with Crippen molar-refractivity contribution in [3.8, 4) is 0 Å². The number of aliphatic carboxylic acids is 2. The van der Waals surface area contributed by atoms with E-state index in [4.69, 9.17) is 5.11 Å². The zero-order valence-electron chi connectivity index (χ0n) is 27.9. The average molecular weight is 667 g/mol. The molecule has 2 aromatic carbocycles. The first kappa shape index (κ1) is 38.0. The Bertz CT molecular complexity index is 1410. The van der Waals surface area contributed by atoms with Crippen LogP contribution in [-0.4, -0.2) is 71.0 Å². The molecule has 0 bridgehead atoms. The zero-order chi connectivity index (χ0) is 35.1. The second-order valence-corrected chi connectivity index (χ2v) is 13.3. The quantitative estimate of drug-likeness (QED) is 0.0950. The van der Waals surface area contributed by atoms with E-state index in [0.29, 0.717) is 37.4 Å². The van der Waals surface area contributed by atoms with Crippen LogP contribution in [0.2, 0.25) is 0 Å². The lowest BCUT2D eigenvalue weighted by Gasteiger charge is -2.30. The molecule has 0 heterocycles. The third kappa shape index (κ3) is 13.0. The Balaban J connectivity index is 1.54. The van der Waals surface area contributed by atoms with Crippen molar-refractivity contribution in [2.45, 2.75) is 103 Å². The minimum atomic E-state index is -1.27. The topological polar surface area (TPSA) is 191 Å². The molecule has 0 spiro atoms. The highest BCUT2D eigenvalue weighted by Gasteiger charge is 2.30. The largest absolute Gasteiger partial charge is 0.481 e. The van der Waals surface area contributed by atoms with Gasteiger partial charge >= 0.3 is 18.0 Å². The molecule has 1 saturated carbocycles. The molecule has 3 rings (SSSR count). The van der Waals surface area contributed by atoms with Crippen molar-refractivity contribution in [1.29, 1.82) is 0 Å². The van der Waals surface area contributed by atoms with E-state index in [1.807, 2.05) is 42.5 Å². The molecule has 3 atom stereocenters. The first-order chi connectivity index (χ1) is 22.9. The van der Waals surface area contributed by atoms with Crippen LogP contribution in [0.3, 0.4) is 0 Å². The number of benzene rings is 2. The number of carboxylic acids is 2. The van der Waals surface area contributed by atoms with Gasteiger partial charge in [0.15, 0.2) is 0 Å². The van der Waals surface area contributed by atoms with E-state index in [-0.39, 0.29) is 43.5 Å². The maximum atomic E-state index is 13.4. The second kappa shape index (κ2) is 19.4. The van der Waals surface area contributed by atoms with Crippen LogP contribution in [0.25, 0.3) is 10.8 Å². The van der Waals surface area contributed by atoms with E-state index in [0.717, 1.165) is 48.4 Å². The van der Waals surface area contributed by atoms with E-state index in [2.05, 4.69) is 35.1 Å². The maximum absolute atomic E-state index is 13.4. The van der Waals surface area contributed by atoms with E-state index in [1.54, 1.807) is 0 Å². The van der Waals surface area contributed by atoms with Gasteiger partial charge in [0.2, 0.25) is 11.8 Å². The number of carbonyl (C=O) groups is 6. The van der Waals surface area contributed by atoms with Gasteiger partial charge in [-0.05, 0) is 86.0 Å². The highest BCUT2D eigenvalue weighted by molar-refractivity contribution is 5.89. The summed E-state index contributed by atoms with van der Waals surface area (Å²) in [4.78, 5) is 72.6. The molecule has 1 aliphatic carbocycles. The van der Waals surface area contributed by atoms with Gasteiger partial charge in [-0.1, -0.05) is 56.3 Å². The number of hydrogen-bond donors (Lipinski definition) is 6. The van der Waals surface area contributed by atoms with Crippen LogP contribution in [0, 0.1) is 17.8 Å². The van der Waals surface area contributed by atoms with Crippen molar-refractivity contribution < 1.29 is 39.0 Å². The number of rotatable bonds is 19. The predicted octanol–water partition coefficient (Wildman–Crippen LogP) is 4.19. The molecule has 12 nitrogen and oxygen atoms in total. The Morgan fingerprint density at radius 2 is 1.56 bits per heavy atom. The first-order valence-corrected chi connectivity index (χ1v) is 17.0. The summed E-state index contributed by atoms with van der Waals surface area (Å²) in [6.07, 6.45) is 5.90. The van der Waals surface area contributed by atoms with Crippen molar-refractivity contribution in [2.75, 3.05) is 6.54 Å². The molecule has 0 radical (unpaired) electrons. The lowest BCUT2D eigenvalue weighted by atomic mass is 9.78. The van der Waals surface area contributed by atoms with Gasteiger partial charge in [0.05, 0.1) is 6.04 Å². The highest BCUT2D eigenvalue weighted by atomic mass is 16.4. The second-order valence-electron chi connectivity index (χ2n) is 13.3. The standard InChI is InChI=1S/C36H50N4O8/c1-23(2)19-24-10-14-27(15-11-24)33(44)39-31(21-25-12-13-26-7-3-4-8-28(26)20-25)34(45)37-18-6-5-9-30(35(46)47)40-36(48)38-29(22-41)16-17-32(42)43/h3-4,7-8,12-13,20,22-24,27,29-31H,5-6,9-11,14-19,21H2,1-2H3,(H,37,45)(H,39,44)(H,42,43)(H,46,47)(H2,38,40,48)/t24?,27?,29-,30-,31-/m0/s1. The molecule has 4 amide bonds. The molecule has 48 heavy (non-hydrogen) atoms. The number of carbonyl (C=O) groups excluding carboxylic acids is 4. The summed E-state index contributed by atoms with van der Waals surface area (Å²) >= 11 is 0. The van der Waals surface area contributed by atoms with Crippen molar-refractivity contribution in [3.05, 3.63) is 48.0 Å². The van der Waals surface area contributed by atoms with Crippen LogP contribution in [0.1, 0.15) is 83.6 Å². The van der Waals surface area contributed by atoms with E-state index in [1.165, 1.54) is 0 Å². The van der Waals surface area contributed by atoms with Gasteiger partial charge < -0.3 is 36.3 Å². The Labute approximate surface area is 281 Å². The Hall–Kier alpha value is -4.48. The molecule has 1 aliphatic rings. The summed E-state index contributed by atoms with van der Waals surface area (Å²) in [5, 5.41) is 31.0. The number of fused-ring (bicyclic) bond motifs is 1. The normalized spacial score (nSPS) is 17.9. The molecular weight excluding hydrogens is 616 g/mol. The van der Waals surface area contributed by atoms with Crippen molar-refractivity contribution >= 4 is 46.8 Å². The minimum Gasteiger partial charge on any atom is -0.481 e. The van der Waals surface area contributed by atoms with Crippen LogP contribution in [0.5, 0.6) is 0 Å². The van der Waals surface area contributed by atoms with Gasteiger partial charge in [-0.25, -0.2) is 9.59 Å². The van der Waals surface area contributed by atoms with Crippen LogP contribution in [0.4, 0.5) is 4.79 Å². The van der Waals surface area contributed by atoms with Crippen LogP contribution in [0.15, 0.2) is 42.5 Å². The fourth-order valence-electron chi connectivity index (χ4n) is 6.31. The molecule has 6 N–H and O–H groups in total. The van der Waals surface area contributed by atoms with Gasteiger partial charge in [-0.15, -0.1) is 0 Å². The Morgan fingerprint density at radius 3 is 2.21 bits per heavy atom. The molecule has 12 heteroatoms. The molecule has 1 fully saturated rings. The molecule has 0 saturated heterocycles. The maximum Gasteiger partial charge on any atom is 0.326 e. The fourth-order valence-corrected chi connectivity index (χ4v) is 6.31. The average Bonchev–Trinajstić information content (AvgIpc) is 3.05. The zero-order valence-corrected chi connectivity index (χ0v) is 27.9. The number of carboxylic acid groups (broad SMARTS) is 2. The summed E-state index contributed by atoms with van der Waals surface area (Å²) in [6.45, 7) is 4.67. The number of hydrogen-bond acceptors (Lipinski definition) is 6. The molecule has 0 aromatic heterocycles. The SMILES string of the molecule is CC(C)CC1CCC(C(=O)N[C@@H](Cc2ccc3ccccc3c2)C(=O)NCCCC[C@H](NC(=O)N[C@H](C=O)CCC(=O)O)C(=O)O)CC1. The molecule has 0 unspecified atom stereocenters. The molecule has 0 aliphatic heterocycles. The van der Waals surface area contributed by atoms with Gasteiger partial charge in [-0.2, -0.15) is 0 Å².